The average molecular weight is 280 g/mol. The molecule has 0 atom stereocenters. The Balaban J connectivity index is 1.70. The topological polar surface area (TPSA) is 41.1 Å². The van der Waals surface area contributed by atoms with Crippen LogP contribution in [0.1, 0.15) is 38.2 Å². The SMILES string of the molecule is Cc1cccc(C(=O)NCc2ccc3c(c2)CNC3)c1C. The van der Waals surface area contributed by atoms with E-state index < -0.39 is 0 Å². The molecule has 0 aliphatic carbocycles. The highest BCUT2D eigenvalue weighted by Gasteiger charge is 2.12. The molecule has 0 bridgehead atoms. The van der Waals surface area contributed by atoms with E-state index in [9.17, 15) is 4.79 Å². The lowest BCUT2D eigenvalue weighted by Crippen LogP contribution is -2.23. The monoisotopic (exact) mass is 280 g/mol. The lowest BCUT2D eigenvalue weighted by Gasteiger charge is -2.10. The zero-order chi connectivity index (χ0) is 14.8. The summed E-state index contributed by atoms with van der Waals surface area (Å²) in [4.78, 5) is 12.3. The number of amides is 1. The Morgan fingerprint density at radius 2 is 1.95 bits per heavy atom. The van der Waals surface area contributed by atoms with Crippen LogP contribution in [0.15, 0.2) is 36.4 Å². The van der Waals surface area contributed by atoms with E-state index in [1.807, 2.05) is 32.0 Å². The van der Waals surface area contributed by atoms with E-state index in [0.717, 1.165) is 35.3 Å². The van der Waals surface area contributed by atoms with E-state index >= 15 is 0 Å². The third-order valence-corrected chi connectivity index (χ3v) is 4.20. The van der Waals surface area contributed by atoms with Crippen molar-refractivity contribution >= 4 is 5.91 Å². The smallest absolute Gasteiger partial charge is 0.251 e. The number of fused-ring (bicyclic) bond motifs is 1. The number of carbonyl (C=O) groups is 1. The van der Waals surface area contributed by atoms with Crippen molar-refractivity contribution in [1.82, 2.24) is 10.6 Å². The van der Waals surface area contributed by atoms with Crippen molar-refractivity contribution in [3.63, 3.8) is 0 Å². The van der Waals surface area contributed by atoms with Gasteiger partial charge >= 0.3 is 0 Å². The number of nitrogens with one attached hydrogen (secondary N) is 2. The van der Waals surface area contributed by atoms with Crippen molar-refractivity contribution in [3.8, 4) is 0 Å². The molecule has 0 radical (unpaired) electrons. The molecule has 3 heteroatoms. The van der Waals surface area contributed by atoms with Crippen LogP contribution in [-0.2, 0) is 19.6 Å². The summed E-state index contributed by atoms with van der Waals surface area (Å²) in [5.74, 6) is -0.00479. The minimum Gasteiger partial charge on any atom is -0.348 e. The van der Waals surface area contributed by atoms with Crippen LogP contribution >= 0.6 is 0 Å². The molecule has 21 heavy (non-hydrogen) atoms. The largest absolute Gasteiger partial charge is 0.348 e. The van der Waals surface area contributed by atoms with Gasteiger partial charge in [-0.1, -0.05) is 30.3 Å². The van der Waals surface area contributed by atoms with Gasteiger partial charge in [0.1, 0.15) is 0 Å². The van der Waals surface area contributed by atoms with Crippen LogP contribution in [0.4, 0.5) is 0 Å². The first-order valence-corrected chi connectivity index (χ1v) is 7.31. The Hall–Kier alpha value is -2.13. The first-order valence-electron chi connectivity index (χ1n) is 7.31. The second kappa shape index (κ2) is 5.70. The third-order valence-electron chi connectivity index (χ3n) is 4.20. The minimum absolute atomic E-state index is 0.00479. The molecule has 108 valence electrons. The lowest BCUT2D eigenvalue weighted by molar-refractivity contribution is 0.0950. The fourth-order valence-corrected chi connectivity index (χ4v) is 2.73. The van der Waals surface area contributed by atoms with Gasteiger partial charge in [-0.15, -0.1) is 0 Å². The maximum absolute atomic E-state index is 12.3. The lowest BCUT2D eigenvalue weighted by atomic mass is 10.0. The van der Waals surface area contributed by atoms with Gasteiger partial charge in [0.2, 0.25) is 0 Å². The van der Waals surface area contributed by atoms with Crippen molar-refractivity contribution in [2.24, 2.45) is 0 Å². The average Bonchev–Trinajstić information content (AvgIpc) is 2.95. The number of hydrogen-bond donors (Lipinski definition) is 2. The third kappa shape index (κ3) is 2.83. The molecule has 0 unspecified atom stereocenters. The van der Waals surface area contributed by atoms with Crippen LogP contribution in [0, 0.1) is 13.8 Å². The maximum Gasteiger partial charge on any atom is 0.251 e. The summed E-state index contributed by atoms with van der Waals surface area (Å²) < 4.78 is 0. The molecule has 3 nitrogen and oxygen atoms in total. The van der Waals surface area contributed by atoms with Crippen molar-refractivity contribution < 1.29 is 4.79 Å². The van der Waals surface area contributed by atoms with E-state index in [2.05, 4.69) is 28.8 Å². The van der Waals surface area contributed by atoms with Crippen molar-refractivity contribution in [1.29, 1.82) is 0 Å². The predicted octanol–water partition coefficient (Wildman–Crippen LogP) is 2.84. The van der Waals surface area contributed by atoms with E-state index in [-0.39, 0.29) is 5.91 Å². The molecular weight excluding hydrogens is 260 g/mol. The molecule has 0 saturated carbocycles. The highest BCUT2D eigenvalue weighted by molar-refractivity contribution is 5.95. The molecule has 2 N–H and O–H groups in total. The molecule has 0 aromatic heterocycles. The van der Waals surface area contributed by atoms with Gasteiger partial charge in [0, 0.05) is 25.2 Å². The summed E-state index contributed by atoms with van der Waals surface area (Å²) in [5.41, 5.74) is 6.81. The fraction of sp³-hybridized carbons (Fsp3) is 0.278. The highest BCUT2D eigenvalue weighted by atomic mass is 16.1. The van der Waals surface area contributed by atoms with Crippen LogP contribution in [-0.4, -0.2) is 5.91 Å². The van der Waals surface area contributed by atoms with Crippen LogP contribution in [0.2, 0.25) is 0 Å². The molecule has 3 rings (SSSR count). The minimum atomic E-state index is -0.00479. The molecule has 0 saturated heterocycles. The normalized spacial score (nSPS) is 13.0. The highest BCUT2D eigenvalue weighted by Crippen LogP contribution is 2.17. The second-order valence-electron chi connectivity index (χ2n) is 5.64. The summed E-state index contributed by atoms with van der Waals surface area (Å²) in [6.07, 6.45) is 0. The number of benzene rings is 2. The van der Waals surface area contributed by atoms with E-state index in [1.54, 1.807) is 0 Å². The predicted molar refractivity (Wildman–Crippen MR) is 84.1 cm³/mol. The molecule has 0 spiro atoms. The number of rotatable bonds is 3. The first kappa shape index (κ1) is 13.8. The Morgan fingerprint density at radius 1 is 1.14 bits per heavy atom. The molecule has 0 fully saturated rings. The summed E-state index contributed by atoms with van der Waals surface area (Å²) in [7, 11) is 0. The van der Waals surface area contributed by atoms with E-state index in [0.29, 0.717) is 6.54 Å². The van der Waals surface area contributed by atoms with Crippen LogP contribution in [0.25, 0.3) is 0 Å². The van der Waals surface area contributed by atoms with Gasteiger partial charge in [0.05, 0.1) is 0 Å². The molecule has 2 aromatic rings. The van der Waals surface area contributed by atoms with Crippen molar-refractivity contribution in [2.45, 2.75) is 33.5 Å². The Kier molecular flexibility index (Phi) is 3.76. The Labute approximate surface area is 125 Å². The van der Waals surface area contributed by atoms with E-state index in [1.165, 1.54) is 11.1 Å². The number of carbonyl (C=O) groups excluding carboxylic acids is 1. The van der Waals surface area contributed by atoms with Gasteiger partial charge in [-0.3, -0.25) is 4.79 Å². The molecule has 1 amide bonds. The second-order valence-corrected chi connectivity index (χ2v) is 5.64. The van der Waals surface area contributed by atoms with Gasteiger partial charge in [0.25, 0.3) is 5.91 Å². The zero-order valence-corrected chi connectivity index (χ0v) is 12.5. The molecule has 2 aromatic carbocycles. The van der Waals surface area contributed by atoms with Crippen LogP contribution in [0.5, 0.6) is 0 Å². The standard InChI is InChI=1S/C18H20N2O/c1-12-4-3-5-17(13(12)2)18(21)20-9-14-6-7-15-10-19-11-16(15)8-14/h3-8,19H,9-11H2,1-2H3,(H,20,21). The summed E-state index contributed by atoms with van der Waals surface area (Å²) in [6, 6.07) is 12.3. The Morgan fingerprint density at radius 3 is 2.81 bits per heavy atom. The first-order chi connectivity index (χ1) is 10.1. The van der Waals surface area contributed by atoms with Gasteiger partial charge in [-0.25, -0.2) is 0 Å². The zero-order valence-electron chi connectivity index (χ0n) is 12.5. The molecule has 1 aliphatic rings. The fourth-order valence-electron chi connectivity index (χ4n) is 2.73. The molecule has 1 heterocycles. The van der Waals surface area contributed by atoms with Crippen molar-refractivity contribution in [2.75, 3.05) is 0 Å². The molecular formula is C18H20N2O. The molecule has 1 aliphatic heterocycles. The number of hydrogen-bond acceptors (Lipinski definition) is 2. The van der Waals surface area contributed by atoms with Gasteiger partial charge in [-0.05, 0) is 47.7 Å². The van der Waals surface area contributed by atoms with Crippen LogP contribution < -0.4 is 10.6 Å². The number of aryl methyl sites for hydroxylation is 1. The maximum atomic E-state index is 12.3. The van der Waals surface area contributed by atoms with Gasteiger partial charge in [-0.2, -0.15) is 0 Å². The van der Waals surface area contributed by atoms with E-state index in [4.69, 9.17) is 0 Å². The quantitative estimate of drug-likeness (QED) is 0.907. The van der Waals surface area contributed by atoms with Crippen LogP contribution in [0.3, 0.4) is 0 Å². The van der Waals surface area contributed by atoms with Crippen molar-refractivity contribution in [3.05, 3.63) is 69.8 Å². The van der Waals surface area contributed by atoms with Gasteiger partial charge < -0.3 is 10.6 Å². The summed E-state index contributed by atoms with van der Waals surface area (Å²) in [5, 5.41) is 6.35. The van der Waals surface area contributed by atoms with Gasteiger partial charge in [0.15, 0.2) is 0 Å². The summed E-state index contributed by atoms with van der Waals surface area (Å²) >= 11 is 0. The Bertz CT molecular complexity index is 692. The summed E-state index contributed by atoms with van der Waals surface area (Å²) in [6.45, 7) is 6.46.